The zero-order valence-corrected chi connectivity index (χ0v) is 9.43. The van der Waals surface area contributed by atoms with Crippen molar-refractivity contribution in [3.63, 3.8) is 0 Å². The smallest absolute Gasteiger partial charge is 0.154 e. The molecule has 0 amide bonds. The summed E-state index contributed by atoms with van der Waals surface area (Å²) in [5.74, 6) is 0.892. The van der Waals surface area contributed by atoms with E-state index in [1.807, 2.05) is 12.1 Å². The molecule has 4 heteroatoms. The minimum atomic E-state index is 0.492. The molecule has 3 nitrogen and oxygen atoms in total. The summed E-state index contributed by atoms with van der Waals surface area (Å²) in [5, 5.41) is 11.6. The molecule has 1 fully saturated rings. The maximum atomic E-state index is 7.44. The third kappa shape index (κ3) is 2.65. The third-order valence-corrected chi connectivity index (χ3v) is 3.44. The maximum Gasteiger partial charge on any atom is 0.154 e. The average Bonchev–Trinajstić information content (AvgIpc) is 2.65. The van der Waals surface area contributed by atoms with Gasteiger partial charge in [-0.15, -0.1) is 0 Å². The molecule has 0 saturated carbocycles. The Balaban J connectivity index is 1.96. The molecule has 1 heterocycles. The van der Waals surface area contributed by atoms with Gasteiger partial charge in [0.25, 0.3) is 0 Å². The second-order valence-corrected chi connectivity index (χ2v) is 4.81. The lowest BCUT2D eigenvalue weighted by Crippen LogP contribution is -2.16. The summed E-state index contributed by atoms with van der Waals surface area (Å²) in [4.78, 5) is 0. The first-order chi connectivity index (χ1) is 7.28. The summed E-state index contributed by atoms with van der Waals surface area (Å²) in [6.45, 7) is 0.898. The molecule has 0 bridgehead atoms. The van der Waals surface area contributed by atoms with E-state index in [4.69, 9.17) is 10.1 Å². The number of rotatable bonds is 3. The zero-order chi connectivity index (χ0) is 10.7. The van der Waals surface area contributed by atoms with Gasteiger partial charge in [0.1, 0.15) is 5.75 Å². The van der Waals surface area contributed by atoms with Crippen molar-refractivity contribution in [2.45, 2.75) is 11.7 Å². The second kappa shape index (κ2) is 4.57. The lowest BCUT2D eigenvalue weighted by molar-refractivity contribution is 0.414. The number of hydrogen-bond acceptors (Lipinski definition) is 3. The predicted molar refractivity (Wildman–Crippen MR) is 63.8 cm³/mol. The molecule has 2 N–H and O–H groups in total. The van der Waals surface area contributed by atoms with Crippen molar-refractivity contribution < 1.29 is 4.74 Å². The summed E-state index contributed by atoms with van der Waals surface area (Å²) in [7, 11) is 1.67. The molecule has 0 spiro atoms. The van der Waals surface area contributed by atoms with Gasteiger partial charge in [-0.1, -0.05) is 23.9 Å². The van der Waals surface area contributed by atoms with E-state index in [0.717, 1.165) is 18.7 Å². The normalized spacial score (nSPS) is 20.1. The van der Waals surface area contributed by atoms with Gasteiger partial charge in [-0.3, -0.25) is 5.41 Å². The van der Waals surface area contributed by atoms with Crippen molar-refractivity contribution in [3.8, 4) is 5.75 Å². The van der Waals surface area contributed by atoms with E-state index in [-0.39, 0.29) is 0 Å². The molecule has 1 saturated heterocycles. The van der Waals surface area contributed by atoms with Gasteiger partial charge < -0.3 is 10.1 Å². The topological polar surface area (TPSA) is 45.1 Å². The summed E-state index contributed by atoms with van der Waals surface area (Å²) in [5.41, 5.74) is 1.30. The fourth-order valence-corrected chi connectivity index (χ4v) is 2.54. The molecule has 15 heavy (non-hydrogen) atoms. The molecule has 0 aromatic heterocycles. The lowest BCUT2D eigenvalue weighted by atomic mass is 10.1. The van der Waals surface area contributed by atoms with Crippen molar-refractivity contribution in [2.75, 3.05) is 13.7 Å². The Morgan fingerprint density at radius 2 is 2.20 bits per heavy atom. The monoisotopic (exact) mass is 222 g/mol. The Morgan fingerprint density at radius 3 is 2.73 bits per heavy atom. The lowest BCUT2D eigenvalue weighted by Gasteiger charge is -2.07. The maximum absolute atomic E-state index is 7.44. The molecule has 0 aliphatic carbocycles. The van der Waals surface area contributed by atoms with Crippen LogP contribution in [0.1, 0.15) is 5.56 Å². The first-order valence-corrected chi connectivity index (χ1v) is 5.78. The molecule has 1 aliphatic rings. The standard InChI is InChI=1S/C11H14N2OS/c1-14-9-4-2-8(3-5-9)6-10-7-13-11(12)15-10/h2-5,10H,6-7H2,1H3,(H2,12,13). The van der Waals surface area contributed by atoms with E-state index >= 15 is 0 Å². The Hall–Kier alpha value is -1.16. The quantitative estimate of drug-likeness (QED) is 0.820. The molecule has 0 radical (unpaired) electrons. The zero-order valence-electron chi connectivity index (χ0n) is 8.62. The molecule has 80 valence electrons. The Bertz CT molecular complexity index is 350. The minimum Gasteiger partial charge on any atom is -0.497 e. The van der Waals surface area contributed by atoms with Crippen LogP contribution in [0.2, 0.25) is 0 Å². The molecular weight excluding hydrogens is 208 g/mol. The van der Waals surface area contributed by atoms with Crippen molar-refractivity contribution in [1.82, 2.24) is 5.32 Å². The number of hydrogen-bond donors (Lipinski definition) is 2. The van der Waals surface area contributed by atoms with Gasteiger partial charge in [0.15, 0.2) is 5.17 Å². The van der Waals surface area contributed by atoms with Crippen LogP contribution in [0.25, 0.3) is 0 Å². The van der Waals surface area contributed by atoms with Crippen molar-refractivity contribution >= 4 is 16.9 Å². The molecule has 2 rings (SSSR count). The molecular formula is C11H14N2OS. The van der Waals surface area contributed by atoms with E-state index in [9.17, 15) is 0 Å². The molecule has 1 atom stereocenters. The third-order valence-electron chi connectivity index (χ3n) is 2.40. The van der Waals surface area contributed by atoms with Crippen LogP contribution < -0.4 is 10.1 Å². The number of ether oxygens (including phenoxy) is 1. The minimum absolute atomic E-state index is 0.492. The van der Waals surface area contributed by atoms with Crippen molar-refractivity contribution in [3.05, 3.63) is 29.8 Å². The summed E-state index contributed by atoms with van der Waals surface area (Å²) < 4.78 is 5.10. The van der Waals surface area contributed by atoms with E-state index in [2.05, 4.69) is 17.4 Å². The highest BCUT2D eigenvalue weighted by Gasteiger charge is 2.19. The average molecular weight is 222 g/mol. The SMILES string of the molecule is COc1ccc(CC2CNC(=N)S2)cc1. The predicted octanol–water partition coefficient (Wildman–Crippen LogP) is 1.88. The first kappa shape index (κ1) is 10.4. The molecule has 1 aromatic rings. The number of thioether (sulfide) groups is 1. The Labute approximate surface area is 93.7 Å². The summed E-state index contributed by atoms with van der Waals surface area (Å²) in [6.07, 6.45) is 1.00. The highest BCUT2D eigenvalue weighted by atomic mass is 32.2. The summed E-state index contributed by atoms with van der Waals surface area (Å²) >= 11 is 1.61. The number of nitrogens with one attached hydrogen (secondary N) is 2. The van der Waals surface area contributed by atoms with Crippen LogP contribution in [0, 0.1) is 5.41 Å². The van der Waals surface area contributed by atoms with Crippen LogP contribution in [-0.2, 0) is 6.42 Å². The van der Waals surface area contributed by atoms with Crippen LogP contribution in [0.3, 0.4) is 0 Å². The van der Waals surface area contributed by atoms with Crippen LogP contribution in [0.4, 0.5) is 0 Å². The Kier molecular flexibility index (Phi) is 3.16. The van der Waals surface area contributed by atoms with Gasteiger partial charge in [0, 0.05) is 11.8 Å². The second-order valence-electron chi connectivity index (χ2n) is 3.50. The largest absolute Gasteiger partial charge is 0.497 e. The van der Waals surface area contributed by atoms with Crippen LogP contribution in [-0.4, -0.2) is 24.1 Å². The fraction of sp³-hybridized carbons (Fsp3) is 0.364. The van der Waals surface area contributed by atoms with Gasteiger partial charge in [-0.25, -0.2) is 0 Å². The van der Waals surface area contributed by atoms with Crippen molar-refractivity contribution in [1.29, 1.82) is 5.41 Å². The molecule has 1 unspecified atom stereocenters. The number of benzene rings is 1. The van der Waals surface area contributed by atoms with Crippen LogP contribution in [0.15, 0.2) is 24.3 Å². The van der Waals surface area contributed by atoms with Crippen molar-refractivity contribution in [2.24, 2.45) is 0 Å². The van der Waals surface area contributed by atoms with Crippen LogP contribution in [0.5, 0.6) is 5.75 Å². The van der Waals surface area contributed by atoms with E-state index in [0.29, 0.717) is 10.4 Å². The highest BCUT2D eigenvalue weighted by Crippen LogP contribution is 2.22. The van der Waals surface area contributed by atoms with E-state index in [1.54, 1.807) is 18.9 Å². The first-order valence-electron chi connectivity index (χ1n) is 4.90. The van der Waals surface area contributed by atoms with Gasteiger partial charge in [0.2, 0.25) is 0 Å². The summed E-state index contributed by atoms with van der Waals surface area (Å²) in [6, 6.07) is 8.13. The molecule has 1 aliphatic heterocycles. The fourth-order valence-electron chi connectivity index (χ4n) is 1.59. The van der Waals surface area contributed by atoms with E-state index in [1.165, 1.54) is 5.56 Å². The van der Waals surface area contributed by atoms with Gasteiger partial charge >= 0.3 is 0 Å². The highest BCUT2D eigenvalue weighted by molar-refractivity contribution is 8.14. The van der Waals surface area contributed by atoms with Gasteiger partial charge in [-0.05, 0) is 24.1 Å². The number of methoxy groups -OCH3 is 1. The Morgan fingerprint density at radius 1 is 1.47 bits per heavy atom. The van der Waals surface area contributed by atoms with Gasteiger partial charge in [0.05, 0.1) is 7.11 Å². The van der Waals surface area contributed by atoms with Gasteiger partial charge in [-0.2, -0.15) is 0 Å². The van der Waals surface area contributed by atoms with E-state index < -0.39 is 0 Å². The number of amidine groups is 1. The van der Waals surface area contributed by atoms with Crippen LogP contribution >= 0.6 is 11.8 Å². The molecule has 1 aromatic carbocycles.